The highest BCUT2D eigenvalue weighted by Gasteiger charge is 2.56. The zero-order chi connectivity index (χ0) is 32.1. The van der Waals surface area contributed by atoms with Crippen molar-refractivity contribution in [3.8, 4) is 23.0 Å². The van der Waals surface area contributed by atoms with E-state index in [4.69, 9.17) is 18.9 Å². The first-order valence-corrected chi connectivity index (χ1v) is 15.1. The lowest BCUT2D eigenvalue weighted by Gasteiger charge is -2.26. The average molecular weight is 633 g/mol. The lowest BCUT2D eigenvalue weighted by Crippen LogP contribution is -2.37. The second-order valence-electron chi connectivity index (χ2n) is 11.2. The molecular formula is C34H34F2N4O6. The molecule has 1 aliphatic heterocycles. The number of ether oxygens (including phenoxy) is 4. The number of aromatic nitrogens is 1. The van der Waals surface area contributed by atoms with E-state index in [9.17, 15) is 14.0 Å². The normalized spacial score (nSPS) is 15.6. The van der Waals surface area contributed by atoms with Crippen molar-refractivity contribution < 1.29 is 37.3 Å². The third-order valence-corrected chi connectivity index (χ3v) is 8.10. The predicted octanol–water partition coefficient (Wildman–Crippen LogP) is 5.77. The molecule has 0 bridgehead atoms. The molecule has 2 heterocycles. The number of anilines is 2. The van der Waals surface area contributed by atoms with E-state index < -0.39 is 28.9 Å². The molecular weight excluding hydrogens is 598 g/mol. The number of halogens is 2. The Hall–Kier alpha value is -4.81. The van der Waals surface area contributed by atoms with Crippen molar-refractivity contribution in [3.63, 3.8) is 0 Å². The predicted molar refractivity (Wildman–Crippen MR) is 167 cm³/mol. The van der Waals surface area contributed by atoms with Crippen molar-refractivity contribution in [2.45, 2.75) is 19.3 Å². The number of amides is 2. The summed E-state index contributed by atoms with van der Waals surface area (Å²) in [6.45, 7) is 4.68. The maximum absolute atomic E-state index is 15.3. The number of hydrogen-bond acceptors (Lipinski definition) is 8. The van der Waals surface area contributed by atoms with E-state index in [2.05, 4.69) is 20.5 Å². The van der Waals surface area contributed by atoms with Crippen LogP contribution in [0.25, 0.3) is 10.9 Å². The lowest BCUT2D eigenvalue weighted by molar-refractivity contribution is -0.131. The monoisotopic (exact) mass is 632 g/mol. The van der Waals surface area contributed by atoms with Crippen molar-refractivity contribution in [2.24, 2.45) is 5.41 Å². The number of nitrogens with one attached hydrogen (secondary N) is 2. The molecule has 6 rings (SSSR count). The number of morpholine rings is 1. The van der Waals surface area contributed by atoms with E-state index in [1.807, 2.05) is 0 Å². The smallest absolute Gasteiger partial charge is 0.240 e. The minimum absolute atomic E-state index is 0.0653. The Morgan fingerprint density at radius 1 is 0.891 bits per heavy atom. The van der Waals surface area contributed by atoms with Crippen LogP contribution in [0.4, 0.5) is 20.2 Å². The average Bonchev–Trinajstić information content (AvgIpc) is 3.88. The fourth-order valence-corrected chi connectivity index (χ4v) is 5.28. The van der Waals surface area contributed by atoms with Crippen molar-refractivity contribution in [3.05, 3.63) is 78.5 Å². The molecule has 0 unspecified atom stereocenters. The van der Waals surface area contributed by atoms with Crippen LogP contribution in [0, 0.1) is 17.0 Å². The van der Waals surface area contributed by atoms with Gasteiger partial charge in [-0.3, -0.25) is 19.5 Å². The Morgan fingerprint density at radius 2 is 1.61 bits per heavy atom. The third kappa shape index (κ3) is 7.03. The number of methoxy groups -OCH3 is 1. The Bertz CT molecular complexity index is 1730. The highest BCUT2D eigenvalue weighted by molar-refractivity contribution is 6.16. The van der Waals surface area contributed by atoms with Crippen LogP contribution in [0.15, 0.2) is 66.9 Å². The first-order valence-electron chi connectivity index (χ1n) is 15.1. The molecule has 46 heavy (non-hydrogen) atoms. The number of benzene rings is 3. The molecule has 12 heteroatoms. The highest BCUT2D eigenvalue weighted by atomic mass is 19.1. The molecule has 0 spiro atoms. The first kappa shape index (κ1) is 31.2. The zero-order valence-corrected chi connectivity index (χ0v) is 25.3. The standard InChI is InChI=1S/C34H34F2N4O6/c1-43-30-21-27-25(20-31(30)45-16-2-13-40-14-17-44-18-15-40)28(9-12-37-27)46-29-8-7-24(19-26(29)36)39-33(42)34(10-11-34)32(41)38-23-5-3-22(35)4-6-23/h3-9,12,19-21H,2,10-11,13-18H2,1H3,(H,38,41)(H,39,42). The van der Waals surface area contributed by atoms with Gasteiger partial charge in [0.1, 0.15) is 17.0 Å². The quantitative estimate of drug-likeness (QED) is 0.150. The van der Waals surface area contributed by atoms with Gasteiger partial charge >= 0.3 is 0 Å². The summed E-state index contributed by atoms with van der Waals surface area (Å²) in [5, 5.41) is 5.90. The van der Waals surface area contributed by atoms with Crippen molar-refractivity contribution in [1.29, 1.82) is 0 Å². The summed E-state index contributed by atoms with van der Waals surface area (Å²) < 4.78 is 51.5. The van der Waals surface area contributed by atoms with Crippen LogP contribution in [0.2, 0.25) is 0 Å². The maximum atomic E-state index is 15.3. The van der Waals surface area contributed by atoms with Crippen LogP contribution in [-0.4, -0.2) is 68.3 Å². The number of carbonyl (C=O) groups is 2. The lowest BCUT2D eigenvalue weighted by atomic mass is 10.0. The molecule has 2 aliphatic rings. The molecule has 10 nitrogen and oxygen atoms in total. The van der Waals surface area contributed by atoms with Gasteiger partial charge in [0.25, 0.3) is 0 Å². The molecule has 4 aromatic rings. The molecule has 1 saturated heterocycles. The van der Waals surface area contributed by atoms with Crippen molar-refractivity contribution >= 4 is 34.1 Å². The van der Waals surface area contributed by atoms with Gasteiger partial charge in [0.2, 0.25) is 11.8 Å². The molecule has 2 N–H and O–H groups in total. The number of nitrogens with zero attached hydrogens (tertiary/aromatic N) is 2. The Morgan fingerprint density at radius 3 is 2.30 bits per heavy atom. The van der Waals surface area contributed by atoms with Gasteiger partial charge < -0.3 is 29.6 Å². The summed E-state index contributed by atoms with van der Waals surface area (Å²) in [7, 11) is 1.56. The second kappa shape index (κ2) is 13.7. The van der Waals surface area contributed by atoms with Gasteiger partial charge in [-0.05, 0) is 67.8 Å². The van der Waals surface area contributed by atoms with Gasteiger partial charge in [0, 0.05) is 54.7 Å². The van der Waals surface area contributed by atoms with Gasteiger partial charge in [-0.1, -0.05) is 0 Å². The first-order chi connectivity index (χ1) is 22.3. The fraction of sp³-hybridized carbons (Fsp3) is 0.324. The molecule has 3 aromatic carbocycles. The van der Waals surface area contributed by atoms with Gasteiger partial charge in [0.15, 0.2) is 23.1 Å². The van der Waals surface area contributed by atoms with Crippen LogP contribution < -0.4 is 24.8 Å². The van der Waals surface area contributed by atoms with E-state index in [-0.39, 0.29) is 11.4 Å². The fourth-order valence-electron chi connectivity index (χ4n) is 5.28. The summed E-state index contributed by atoms with van der Waals surface area (Å²) in [5.74, 6) is -0.865. The molecule has 2 fully saturated rings. The minimum atomic E-state index is -1.28. The Balaban J connectivity index is 1.12. The molecule has 0 radical (unpaired) electrons. The summed E-state index contributed by atoms with van der Waals surface area (Å²) in [6, 6.07) is 14.4. The largest absolute Gasteiger partial charge is 0.493 e. The summed E-state index contributed by atoms with van der Waals surface area (Å²) in [5.41, 5.74) is -0.150. The summed E-state index contributed by atoms with van der Waals surface area (Å²) in [6.07, 6.45) is 3.06. The van der Waals surface area contributed by atoms with Crippen LogP contribution in [0.1, 0.15) is 19.3 Å². The minimum Gasteiger partial charge on any atom is -0.493 e. The molecule has 1 aromatic heterocycles. The van der Waals surface area contributed by atoms with Gasteiger partial charge in [-0.25, -0.2) is 8.78 Å². The molecule has 2 amide bonds. The molecule has 0 atom stereocenters. The van der Waals surface area contributed by atoms with Crippen molar-refractivity contribution in [1.82, 2.24) is 9.88 Å². The molecule has 1 aliphatic carbocycles. The van der Waals surface area contributed by atoms with E-state index in [0.29, 0.717) is 53.3 Å². The number of hydrogen-bond donors (Lipinski definition) is 2. The zero-order valence-electron chi connectivity index (χ0n) is 25.3. The number of carbonyl (C=O) groups excluding carboxylic acids is 2. The van der Waals surface area contributed by atoms with Crippen LogP contribution in [0.5, 0.6) is 23.0 Å². The van der Waals surface area contributed by atoms with Gasteiger partial charge in [0.05, 0.1) is 32.4 Å². The Labute approximate surface area is 264 Å². The second-order valence-corrected chi connectivity index (χ2v) is 11.2. The molecule has 240 valence electrons. The summed E-state index contributed by atoms with van der Waals surface area (Å²) in [4.78, 5) is 32.7. The number of fused-ring (bicyclic) bond motifs is 1. The number of rotatable bonds is 12. The van der Waals surface area contributed by atoms with Gasteiger partial charge in [-0.2, -0.15) is 0 Å². The highest BCUT2D eigenvalue weighted by Crippen LogP contribution is 2.47. The maximum Gasteiger partial charge on any atom is 0.240 e. The van der Waals surface area contributed by atoms with E-state index in [1.165, 1.54) is 36.4 Å². The van der Waals surface area contributed by atoms with Crippen LogP contribution in [-0.2, 0) is 14.3 Å². The topological polar surface area (TPSA) is 111 Å². The van der Waals surface area contributed by atoms with E-state index in [0.717, 1.165) is 45.3 Å². The van der Waals surface area contributed by atoms with E-state index in [1.54, 1.807) is 31.5 Å². The summed E-state index contributed by atoms with van der Waals surface area (Å²) >= 11 is 0. The number of pyridine rings is 1. The van der Waals surface area contributed by atoms with E-state index >= 15 is 4.39 Å². The molecule has 1 saturated carbocycles. The van der Waals surface area contributed by atoms with Gasteiger partial charge in [-0.15, -0.1) is 0 Å². The Kier molecular flexibility index (Phi) is 9.27. The SMILES string of the molecule is COc1cc2nccc(Oc3ccc(NC(=O)C4(C(=O)Nc5ccc(F)cc5)CC4)cc3F)c2cc1OCCCN1CCOCC1. The van der Waals surface area contributed by atoms with Crippen LogP contribution in [0.3, 0.4) is 0 Å². The third-order valence-electron chi connectivity index (χ3n) is 8.10. The van der Waals surface area contributed by atoms with Crippen LogP contribution >= 0.6 is 0 Å². The van der Waals surface area contributed by atoms with Crippen molar-refractivity contribution in [2.75, 3.05) is 57.2 Å².